The van der Waals surface area contributed by atoms with Crippen molar-refractivity contribution in [1.82, 2.24) is 4.90 Å². The van der Waals surface area contributed by atoms with Crippen LogP contribution in [0.3, 0.4) is 0 Å². The number of carbonyl (C=O) groups is 2. The van der Waals surface area contributed by atoms with E-state index in [4.69, 9.17) is 14.2 Å². The lowest BCUT2D eigenvalue weighted by Crippen LogP contribution is -2.41. The van der Waals surface area contributed by atoms with Gasteiger partial charge in [0.1, 0.15) is 23.3 Å². The second-order valence-corrected chi connectivity index (χ2v) is 12.5. The van der Waals surface area contributed by atoms with Gasteiger partial charge in [-0.05, 0) is 81.3 Å². The highest BCUT2D eigenvalue weighted by molar-refractivity contribution is 5.91. The fourth-order valence-electron chi connectivity index (χ4n) is 6.04. The van der Waals surface area contributed by atoms with E-state index in [0.717, 1.165) is 33.4 Å². The van der Waals surface area contributed by atoms with Gasteiger partial charge in [0.25, 0.3) is 0 Å². The summed E-state index contributed by atoms with van der Waals surface area (Å²) in [5.41, 5.74) is 3.62. The van der Waals surface area contributed by atoms with E-state index in [1.54, 1.807) is 17.0 Å². The Labute approximate surface area is 258 Å². The first-order valence-electron chi connectivity index (χ1n) is 15.1. The van der Waals surface area contributed by atoms with Crippen LogP contribution < -0.4 is 4.74 Å². The average molecular weight is 598 g/mol. The molecule has 0 N–H and O–H groups in total. The maximum absolute atomic E-state index is 14.7. The van der Waals surface area contributed by atoms with Crippen molar-refractivity contribution in [3.63, 3.8) is 0 Å². The lowest BCUT2D eigenvalue weighted by molar-refractivity contribution is 0.0141. The summed E-state index contributed by atoms with van der Waals surface area (Å²) in [6, 6.07) is 24.0. The predicted molar refractivity (Wildman–Crippen MR) is 170 cm³/mol. The van der Waals surface area contributed by atoms with Crippen LogP contribution in [0.2, 0.25) is 0 Å². The minimum absolute atomic E-state index is 0.0117. The molecule has 6 nitrogen and oxygen atoms in total. The van der Waals surface area contributed by atoms with Crippen LogP contribution in [0, 0.1) is 12.7 Å². The highest BCUT2D eigenvalue weighted by atomic mass is 19.1. The summed E-state index contributed by atoms with van der Waals surface area (Å²) < 4.78 is 32.0. The van der Waals surface area contributed by atoms with E-state index >= 15 is 0 Å². The Morgan fingerprint density at radius 3 is 2.43 bits per heavy atom. The van der Waals surface area contributed by atoms with Crippen LogP contribution in [0.15, 0.2) is 78.9 Å². The van der Waals surface area contributed by atoms with Crippen molar-refractivity contribution >= 4 is 22.8 Å². The van der Waals surface area contributed by atoms with Gasteiger partial charge in [0.2, 0.25) is 0 Å². The van der Waals surface area contributed by atoms with Crippen molar-refractivity contribution in [3.05, 3.63) is 112 Å². The number of para-hydroxylation sites is 1. The second kappa shape index (κ2) is 12.7. The van der Waals surface area contributed by atoms with Gasteiger partial charge in [-0.1, -0.05) is 60.7 Å². The van der Waals surface area contributed by atoms with E-state index in [1.807, 2.05) is 83.1 Å². The summed E-state index contributed by atoms with van der Waals surface area (Å²) in [4.78, 5) is 27.8. The predicted octanol–water partition coefficient (Wildman–Crippen LogP) is 8.75. The van der Waals surface area contributed by atoms with Crippen LogP contribution in [0.4, 0.5) is 9.18 Å². The zero-order valence-corrected chi connectivity index (χ0v) is 26.2. The van der Waals surface area contributed by atoms with Crippen molar-refractivity contribution < 1.29 is 28.2 Å². The molecule has 0 saturated heterocycles. The summed E-state index contributed by atoms with van der Waals surface area (Å²) in [6.07, 6.45) is 0.562. The lowest BCUT2D eigenvalue weighted by atomic mass is 9.82. The molecular weight excluding hydrogens is 557 g/mol. The zero-order valence-electron chi connectivity index (χ0n) is 26.2. The van der Waals surface area contributed by atoms with E-state index in [-0.39, 0.29) is 29.9 Å². The van der Waals surface area contributed by atoms with Gasteiger partial charge < -0.3 is 19.1 Å². The Balaban J connectivity index is 1.45. The molecule has 3 unspecified atom stereocenters. The Morgan fingerprint density at radius 2 is 1.70 bits per heavy atom. The lowest BCUT2D eigenvalue weighted by Gasteiger charge is -2.36. The molecule has 0 radical (unpaired) electrons. The summed E-state index contributed by atoms with van der Waals surface area (Å²) in [5, 5.41) is 1.28. The van der Waals surface area contributed by atoms with E-state index in [0.29, 0.717) is 30.3 Å². The molecule has 0 aliphatic carbocycles. The maximum atomic E-state index is 14.7. The maximum Gasteiger partial charge on any atom is 0.410 e. The Morgan fingerprint density at radius 1 is 1.00 bits per heavy atom. The number of hydrogen-bond acceptors (Lipinski definition) is 5. The number of rotatable bonds is 7. The molecule has 0 saturated carbocycles. The van der Waals surface area contributed by atoms with Crippen LogP contribution in [-0.4, -0.2) is 42.3 Å². The fourth-order valence-corrected chi connectivity index (χ4v) is 6.04. The molecule has 1 aliphatic heterocycles. The van der Waals surface area contributed by atoms with Gasteiger partial charge in [-0.25, -0.2) is 14.0 Å². The first kappa shape index (κ1) is 31.0. The van der Waals surface area contributed by atoms with Crippen molar-refractivity contribution in [2.24, 2.45) is 0 Å². The number of methoxy groups -OCH3 is 1. The summed E-state index contributed by atoms with van der Waals surface area (Å²) >= 11 is 0. The molecule has 1 heterocycles. The van der Waals surface area contributed by atoms with Gasteiger partial charge in [0.15, 0.2) is 0 Å². The van der Waals surface area contributed by atoms with Crippen LogP contribution >= 0.6 is 0 Å². The molecule has 4 aromatic rings. The standard InChI is InChI=1S/C37H40FNO5/c1-23-15-16-25(21-31(23)35(40)42-6)32-22-26(43-34-14-10-9-13-30(32)34)19-20-39(36(41)44-37(3,4)5)24(2)27-17-18-33(38)29-12-8-7-11-28(27)29/h7-18,21,24,26,32H,19-20,22H2,1-6H3. The summed E-state index contributed by atoms with van der Waals surface area (Å²) in [7, 11) is 1.39. The molecule has 0 spiro atoms. The molecular formula is C37H40FNO5. The number of esters is 1. The molecule has 1 aliphatic rings. The minimum atomic E-state index is -0.686. The summed E-state index contributed by atoms with van der Waals surface area (Å²) in [6.45, 7) is 9.74. The third-order valence-electron chi connectivity index (χ3n) is 8.30. The van der Waals surface area contributed by atoms with Crippen molar-refractivity contribution in [3.8, 4) is 5.75 Å². The minimum Gasteiger partial charge on any atom is -0.490 e. The number of ether oxygens (including phenoxy) is 3. The number of nitrogens with zero attached hydrogens (tertiary/aromatic N) is 1. The topological polar surface area (TPSA) is 65.1 Å². The first-order chi connectivity index (χ1) is 21.0. The monoisotopic (exact) mass is 597 g/mol. The molecule has 0 aromatic heterocycles. The third-order valence-corrected chi connectivity index (χ3v) is 8.30. The van der Waals surface area contributed by atoms with Gasteiger partial charge in [-0.3, -0.25) is 0 Å². The number of aryl methyl sites for hydroxylation is 1. The van der Waals surface area contributed by atoms with Crippen LogP contribution in [-0.2, 0) is 9.47 Å². The third kappa shape index (κ3) is 6.57. The Hall–Kier alpha value is -4.39. The molecule has 230 valence electrons. The summed E-state index contributed by atoms with van der Waals surface area (Å²) in [5.74, 6) is 0.112. The average Bonchev–Trinajstić information content (AvgIpc) is 3.00. The number of hydrogen-bond donors (Lipinski definition) is 0. The molecule has 7 heteroatoms. The van der Waals surface area contributed by atoms with E-state index in [2.05, 4.69) is 12.1 Å². The van der Waals surface area contributed by atoms with Crippen LogP contribution in [0.5, 0.6) is 5.75 Å². The van der Waals surface area contributed by atoms with Crippen molar-refractivity contribution in [2.45, 2.75) is 71.1 Å². The second-order valence-electron chi connectivity index (χ2n) is 12.5. The highest BCUT2D eigenvalue weighted by Gasteiger charge is 2.33. The molecule has 5 rings (SSSR count). The van der Waals surface area contributed by atoms with Gasteiger partial charge in [-0.15, -0.1) is 0 Å². The number of benzene rings is 4. The van der Waals surface area contributed by atoms with E-state index in [1.165, 1.54) is 13.2 Å². The fraction of sp³-hybridized carbons (Fsp3) is 0.351. The first-order valence-corrected chi connectivity index (χ1v) is 15.1. The van der Waals surface area contributed by atoms with Gasteiger partial charge in [0.05, 0.1) is 18.7 Å². The number of halogens is 1. The van der Waals surface area contributed by atoms with Crippen molar-refractivity contribution in [1.29, 1.82) is 0 Å². The van der Waals surface area contributed by atoms with Gasteiger partial charge in [0, 0.05) is 29.8 Å². The van der Waals surface area contributed by atoms with E-state index in [9.17, 15) is 14.0 Å². The normalized spacial score (nSPS) is 16.9. The SMILES string of the molecule is COC(=O)c1cc(C2CC(CCN(C(=O)OC(C)(C)C)C(C)c3ccc(F)c4ccccc34)Oc3ccccc32)ccc1C. The molecule has 44 heavy (non-hydrogen) atoms. The van der Waals surface area contributed by atoms with Crippen LogP contribution in [0.25, 0.3) is 10.8 Å². The molecule has 0 fully saturated rings. The van der Waals surface area contributed by atoms with Gasteiger partial charge in [-0.2, -0.15) is 0 Å². The van der Waals surface area contributed by atoms with Crippen LogP contribution in [0.1, 0.15) is 85.1 Å². The molecule has 4 aromatic carbocycles. The largest absolute Gasteiger partial charge is 0.490 e. The highest BCUT2D eigenvalue weighted by Crippen LogP contribution is 2.42. The van der Waals surface area contributed by atoms with E-state index < -0.39 is 11.7 Å². The quantitative estimate of drug-likeness (QED) is 0.199. The smallest absolute Gasteiger partial charge is 0.410 e. The number of amides is 1. The molecule has 0 bridgehead atoms. The van der Waals surface area contributed by atoms with Gasteiger partial charge >= 0.3 is 12.1 Å². The van der Waals surface area contributed by atoms with Crippen molar-refractivity contribution in [2.75, 3.05) is 13.7 Å². The number of fused-ring (bicyclic) bond motifs is 2. The molecule has 3 atom stereocenters. The zero-order chi connectivity index (χ0) is 31.6. The Kier molecular flexibility index (Phi) is 8.95. The Bertz CT molecular complexity index is 1680. The number of carbonyl (C=O) groups excluding carboxylic acids is 2. The molecule has 1 amide bonds.